The second-order valence-electron chi connectivity index (χ2n) is 5.29. The summed E-state index contributed by atoms with van der Waals surface area (Å²) in [6, 6.07) is 11.9. The van der Waals surface area contributed by atoms with Crippen molar-refractivity contribution < 1.29 is 8.78 Å². The molecule has 0 spiro atoms. The maximum absolute atomic E-state index is 13.7. The van der Waals surface area contributed by atoms with Gasteiger partial charge in [0.1, 0.15) is 11.6 Å². The lowest BCUT2D eigenvalue weighted by molar-refractivity contribution is 0.458. The highest BCUT2D eigenvalue weighted by atomic mass is 79.9. The van der Waals surface area contributed by atoms with E-state index in [2.05, 4.69) is 40.3 Å². The van der Waals surface area contributed by atoms with Crippen molar-refractivity contribution in [3.05, 3.63) is 69.7 Å². The lowest BCUT2D eigenvalue weighted by Crippen LogP contribution is -2.31. The molecule has 1 N–H and O–H groups in total. The molecule has 0 aromatic heterocycles. The lowest BCUT2D eigenvalue weighted by Gasteiger charge is -2.21. The van der Waals surface area contributed by atoms with Crippen LogP contribution in [0, 0.1) is 11.6 Å². The molecule has 0 bridgehead atoms. The molecule has 4 heteroatoms. The standard InChI is InChI=1S/C17H18BrF2N/c1-11(9-13-3-5-14(18)6-4-13)21-12(2)16-8-7-15(19)10-17(16)20/h3-8,10-12,21H,9H2,1-2H3. The van der Waals surface area contributed by atoms with Gasteiger partial charge in [0.25, 0.3) is 0 Å². The highest BCUT2D eigenvalue weighted by molar-refractivity contribution is 9.10. The summed E-state index contributed by atoms with van der Waals surface area (Å²) in [7, 11) is 0. The minimum Gasteiger partial charge on any atom is -0.307 e. The molecule has 0 saturated heterocycles. The van der Waals surface area contributed by atoms with E-state index in [9.17, 15) is 8.78 Å². The second-order valence-corrected chi connectivity index (χ2v) is 6.20. The van der Waals surface area contributed by atoms with Crippen molar-refractivity contribution in [2.45, 2.75) is 32.4 Å². The van der Waals surface area contributed by atoms with E-state index in [1.807, 2.05) is 19.1 Å². The zero-order valence-electron chi connectivity index (χ0n) is 12.0. The van der Waals surface area contributed by atoms with Gasteiger partial charge in [-0.3, -0.25) is 0 Å². The van der Waals surface area contributed by atoms with Crippen molar-refractivity contribution in [1.82, 2.24) is 5.32 Å². The van der Waals surface area contributed by atoms with Gasteiger partial charge in [-0.1, -0.05) is 34.1 Å². The van der Waals surface area contributed by atoms with Crippen molar-refractivity contribution in [2.75, 3.05) is 0 Å². The lowest BCUT2D eigenvalue weighted by atomic mass is 10.0. The van der Waals surface area contributed by atoms with Crippen LogP contribution in [-0.2, 0) is 6.42 Å². The van der Waals surface area contributed by atoms with Crippen molar-refractivity contribution >= 4 is 15.9 Å². The highest BCUT2D eigenvalue weighted by Gasteiger charge is 2.14. The van der Waals surface area contributed by atoms with Crippen molar-refractivity contribution in [1.29, 1.82) is 0 Å². The predicted molar refractivity (Wildman–Crippen MR) is 85.2 cm³/mol. The van der Waals surface area contributed by atoms with Gasteiger partial charge in [0.2, 0.25) is 0 Å². The first-order chi connectivity index (χ1) is 9.95. The Morgan fingerprint density at radius 1 is 1.05 bits per heavy atom. The Hall–Kier alpha value is -1.26. The molecule has 0 aliphatic carbocycles. The minimum absolute atomic E-state index is 0.170. The van der Waals surface area contributed by atoms with Crippen LogP contribution in [0.3, 0.4) is 0 Å². The number of rotatable bonds is 5. The fourth-order valence-electron chi connectivity index (χ4n) is 2.40. The summed E-state index contributed by atoms with van der Waals surface area (Å²) >= 11 is 3.41. The monoisotopic (exact) mass is 353 g/mol. The number of hydrogen-bond donors (Lipinski definition) is 1. The molecule has 0 amide bonds. The first-order valence-electron chi connectivity index (χ1n) is 6.91. The molecule has 2 rings (SSSR count). The Bertz CT molecular complexity index is 598. The van der Waals surface area contributed by atoms with Crippen LogP contribution in [0.5, 0.6) is 0 Å². The number of benzene rings is 2. The van der Waals surface area contributed by atoms with Crippen LogP contribution in [0.1, 0.15) is 31.0 Å². The first-order valence-corrected chi connectivity index (χ1v) is 7.70. The topological polar surface area (TPSA) is 12.0 Å². The minimum atomic E-state index is -0.550. The molecule has 0 heterocycles. The molecular formula is C17H18BrF2N. The molecule has 21 heavy (non-hydrogen) atoms. The Morgan fingerprint density at radius 2 is 1.71 bits per heavy atom. The SMILES string of the molecule is CC(Cc1ccc(Br)cc1)NC(C)c1ccc(F)cc1F. The van der Waals surface area contributed by atoms with Gasteiger partial charge in [0, 0.05) is 28.2 Å². The average Bonchev–Trinajstić information content (AvgIpc) is 2.41. The normalized spacial score (nSPS) is 14.0. The van der Waals surface area contributed by atoms with Gasteiger partial charge in [-0.15, -0.1) is 0 Å². The van der Waals surface area contributed by atoms with Crippen LogP contribution in [0.2, 0.25) is 0 Å². The Balaban J connectivity index is 1.98. The van der Waals surface area contributed by atoms with Gasteiger partial charge < -0.3 is 5.32 Å². The van der Waals surface area contributed by atoms with Gasteiger partial charge >= 0.3 is 0 Å². The largest absolute Gasteiger partial charge is 0.307 e. The molecular weight excluding hydrogens is 336 g/mol. The molecule has 0 aliphatic heterocycles. The number of hydrogen-bond acceptors (Lipinski definition) is 1. The van der Waals surface area contributed by atoms with Crippen molar-refractivity contribution in [3.8, 4) is 0 Å². The third kappa shape index (κ3) is 4.61. The molecule has 2 aromatic rings. The molecule has 0 fully saturated rings. The molecule has 2 aromatic carbocycles. The molecule has 112 valence electrons. The van der Waals surface area contributed by atoms with Gasteiger partial charge in [-0.2, -0.15) is 0 Å². The van der Waals surface area contributed by atoms with E-state index in [1.165, 1.54) is 17.7 Å². The molecule has 0 radical (unpaired) electrons. The van der Waals surface area contributed by atoms with E-state index in [-0.39, 0.29) is 12.1 Å². The zero-order valence-corrected chi connectivity index (χ0v) is 13.6. The van der Waals surface area contributed by atoms with Crippen LogP contribution in [0.15, 0.2) is 46.9 Å². The molecule has 2 atom stereocenters. The summed E-state index contributed by atoms with van der Waals surface area (Å²) < 4.78 is 27.7. The van der Waals surface area contributed by atoms with Gasteiger partial charge in [-0.25, -0.2) is 8.78 Å². The third-order valence-corrected chi connectivity index (χ3v) is 3.95. The zero-order chi connectivity index (χ0) is 15.4. The summed E-state index contributed by atoms with van der Waals surface area (Å²) in [5.74, 6) is -1.06. The van der Waals surface area contributed by atoms with Crippen molar-refractivity contribution in [3.63, 3.8) is 0 Å². The summed E-state index contributed by atoms with van der Waals surface area (Å²) in [5.41, 5.74) is 1.70. The van der Waals surface area contributed by atoms with E-state index in [1.54, 1.807) is 0 Å². The highest BCUT2D eigenvalue weighted by Crippen LogP contribution is 2.19. The molecule has 1 nitrogen and oxygen atoms in total. The molecule has 0 aliphatic rings. The Kier molecular flexibility index (Phi) is 5.48. The summed E-state index contributed by atoms with van der Waals surface area (Å²) in [6.07, 6.45) is 0.848. The Labute approximate surface area is 132 Å². The second kappa shape index (κ2) is 7.14. The fraction of sp³-hybridized carbons (Fsp3) is 0.294. The van der Waals surface area contributed by atoms with Gasteiger partial charge in [0.05, 0.1) is 0 Å². The Morgan fingerprint density at radius 3 is 2.33 bits per heavy atom. The molecule has 0 saturated carbocycles. The van der Waals surface area contributed by atoms with Crippen LogP contribution in [0.25, 0.3) is 0 Å². The summed E-state index contributed by atoms with van der Waals surface area (Å²) in [5, 5.41) is 3.35. The van der Waals surface area contributed by atoms with Crippen LogP contribution >= 0.6 is 15.9 Å². The van der Waals surface area contributed by atoms with Crippen LogP contribution < -0.4 is 5.32 Å². The van der Waals surface area contributed by atoms with Crippen LogP contribution in [0.4, 0.5) is 8.78 Å². The summed E-state index contributed by atoms with van der Waals surface area (Å²) in [6.45, 7) is 3.94. The summed E-state index contributed by atoms with van der Waals surface area (Å²) in [4.78, 5) is 0. The number of nitrogens with one attached hydrogen (secondary N) is 1. The maximum Gasteiger partial charge on any atom is 0.130 e. The van der Waals surface area contributed by atoms with E-state index >= 15 is 0 Å². The third-order valence-electron chi connectivity index (χ3n) is 3.42. The van der Waals surface area contributed by atoms with Gasteiger partial charge in [-0.05, 0) is 44.0 Å². The van der Waals surface area contributed by atoms with E-state index in [0.29, 0.717) is 5.56 Å². The maximum atomic E-state index is 13.7. The smallest absolute Gasteiger partial charge is 0.130 e. The number of halogens is 3. The van der Waals surface area contributed by atoms with Crippen molar-refractivity contribution in [2.24, 2.45) is 0 Å². The van der Waals surface area contributed by atoms with E-state index < -0.39 is 11.6 Å². The fourth-order valence-corrected chi connectivity index (χ4v) is 2.67. The van der Waals surface area contributed by atoms with E-state index in [0.717, 1.165) is 17.0 Å². The molecule has 2 unspecified atom stereocenters. The van der Waals surface area contributed by atoms with Crippen LogP contribution in [-0.4, -0.2) is 6.04 Å². The average molecular weight is 354 g/mol. The predicted octanol–water partition coefficient (Wildman–Crippen LogP) is 5.01. The van der Waals surface area contributed by atoms with Gasteiger partial charge in [0.15, 0.2) is 0 Å². The van der Waals surface area contributed by atoms with E-state index in [4.69, 9.17) is 0 Å². The first kappa shape index (κ1) is 16.1. The quantitative estimate of drug-likeness (QED) is 0.796.